The van der Waals surface area contributed by atoms with Gasteiger partial charge in [0.1, 0.15) is 12.4 Å². The van der Waals surface area contributed by atoms with Crippen molar-refractivity contribution in [3.63, 3.8) is 0 Å². The van der Waals surface area contributed by atoms with Gasteiger partial charge in [-0.15, -0.1) is 0 Å². The minimum atomic E-state index is -3.51. The number of aryl methyl sites for hydroxylation is 1. The van der Waals surface area contributed by atoms with Gasteiger partial charge in [0, 0.05) is 10.7 Å². The maximum Gasteiger partial charge on any atom is 0.235 e. The normalized spacial score (nSPS) is 11.4. The van der Waals surface area contributed by atoms with Crippen LogP contribution in [0.3, 0.4) is 0 Å². The van der Waals surface area contributed by atoms with Crippen LogP contribution in [0.15, 0.2) is 18.2 Å². The van der Waals surface area contributed by atoms with Gasteiger partial charge in [-0.1, -0.05) is 17.7 Å². The second-order valence-electron chi connectivity index (χ2n) is 3.03. The Morgan fingerprint density at radius 1 is 1.40 bits per heavy atom. The highest BCUT2D eigenvalue weighted by atomic mass is 35.7. The topological polar surface area (TPSA) is 43.4 Å². The van der Waals surface area contributed by atoms with Gasteiger partial charge in [0.2, 0.25) is 9.05 Å². The Hall–Kier alpha value is -0.450. The molecule has 0 bridgehead atoms. The van der Waals surface area contributed by atoms with Crippen molar-refractivity contribution in [3.8, 4) is 5.75 Å². The second-order valence-corrected chi connectivity index (χ2v) is 6.33. The van der Waals surface area contributed by atoms with E-state index in [0.29, 0.717) is 10.8 Å². The minimum absolute atomic E-state index is 0.00495. The summed E-state index contributed by atoms with van der Waals surface area (Å²) in [7, 11) is 1.52. The van der Waals surface area contributed by atoms with Crippen molar-refractivity contribution in [1.82, 2.24) is 0 Å². The van der Waals surface area contributed by atoms with Crippen molar-refractivity contribution in [2.45, 2.75) is 6.92 Å². The molecule has 0 aliphatic heterocycles. The maximum absolute atomic E-state index is 10.6. The van der Waals surface area contributed by atoms with E-state index < -0.39 is 9.05 Å². The van der Waals surface area contributed by atoms with Gasteiger partial charge in [-0.3, -0.25) is 0 Å². The van der Waals surface area contributed by atoms with Crippen molar-refractivity contribution in [3.05, 3.63) is 28.8 Å². The summed E-state index contributed by atoms with van der Waals surface area (Å²) < 4.78 is 26.4. The third-order valence-electron chi connectivity index (χ3n) is 1.67. The van der Waals surface area contributed by atoms with Crippen molar-refractivity contribution in [1.29, 1.82) is 0 Å². The predicted octanol–water partition coefficient (Wildman–Crippen LogP) is 2.60. The first-order valence-electron chi connectivity index (χ1n) is 4.20. The molecule has 0 spiro atoms. The van der Waals surface area contributed by atoms with Crippen LogP contribution in [-0.2, 0) is 9.05 Å². The van der Waals surface area contributed by atoms with Crippen LogP contribution < -0.4 is 4.74 Å². The zero-order valence-corrected chi connectivity index (χ0v) is 10.4. The molecule has 0 radical (unpaired) electrons. The Kier molecular flexibility index (Phi) is 4.25. The lowest BCUT2D eigenvalue weighted by Crippen LogP contribution is -2.09. The fourth-order valence-electron chi connectivity index (χ4n) is 0.972. The molecule has 1 aromatic rings. The van der Waals surface area contributed by atoms with Gasteiger partial charge in [-0.2, -0.15) is 0 Å². The zero-order valence-electron chi connectivity index (χ0n) is 8.04. The number of ether oxygens (including phenoxy) is 1. The molecule has 0 aromatic heterocycles. The first-order valence-corrected chi connectivity index (χ1v) is 7.05. The van der Waals surface area contributed by atoms with Crippen LogP contribution in [0, 0.1) is 6.92 Å². The van der Waals surface area contributed by atoms with E-state index in [1.807, 2.05) is 13.0 Å². The van der Waals surface area contributed by atoms with E-state index in [1.165, 1.54) is 0 Å². The van der Waals surface area contributed by atoms with Gasteiger partial charge in [-0.25, -0.2) is 8.42 Å². The quantitative estimate of drug-likeness (QED) is 0.789. The Bertz CT molecular complexity index is 443. The molecule has 1 rings (SSSR count). The Balaban J connectivity index is 2.61. The van der Waals surface area contributed by atoms with Crippen molar-refractivity contribution >= 4 is 31.3 Å². The molecule has 0 atom stereocenters. The van der Waals surface area contributed by atoms with Gasteiger partial charge in [0.05, 0.1) is 10.8 Å². The van der Waals surface area contributed by atoms with E-state index in [0.717, 1.165) is 5.56 Å². The summed E-state index contributed by atoms with van der Waals surface area (Å²) >= 11 is 5.84. The van der Waals surface area contributed by atoms with E-state index >= 15 is 0 Å². The van der Waals surface area contributed by atoms with Crippen LogP contribution in [0.5, 0.6) is 5.75 Å². The molecule has 0 saturated heterocycles. The molecule has 3 nitrogen and oxygen atoms in total. The number of rotatable bonds is 4. The third kappa shape index (κ3) is 4.73. The van der Waals surface area contributed by atoms with Gasteiger partial charge in [0.15, 0.2) is 0 Å². The number of halogens is 2. The molecule has 0 unspecified atom stereocenters. The summed E-state index contributed by atoms with van der Waals surface area (Å²) in [6, 6.07) is 5.28. The highest BCUT2D eigenvalue weighted by Crippen LogP contribution is 2.25. The maximum atomic E-state index is 10.6. The fourth-order valence-corrected chi connectivity index (χ4v) is 1.62. The molecule has 6 heteroatoms. The molecule has 84 valence electrons. The molecule has 0 saturated carbocycles. The first kappa shape index (κ1) is 12.6. The van der Waals surface area contributed by atoms with Crippen LogP contribution in [-0.4, -0.2) is 20.8 Å². The van der Waals surface area contributed by atoms with Crippen molar-refractivity contribution in [2.24, 2.45) is 0 Å². The third-order valence-corrected chi connectivity index (χ3v) is 3.10. The summed E-state index contributed by atoms with van der Waals surface area (Å²) in [5.74, 6) is 0.232. The zero-order chi connectivity index (χ0) is 11.5. The molecule has 0 fully saturated rings. The molecule has 0 heterocycles. The summed E-state index contributed by atoms with van der Waals surface area (Å²) in [6.07, 6.45) is 0. The largest absolute Gasteiger partial charge is 0.491 e. The Morgan fingerprint density at radius 2 is 2.07 bits per heavy atom. The van der Waals surface area contributed by atoms with Gasteiger partial charge in [0.25, 0.3) is 0 Å². The van der Waals surface area contributed by atoms with E-state index in [-0.39, 0.29) is 12.4 Å². The Labute approximate surface area is 98.4 Å². The van der Waals surface area contributed by atoms with Gasteiger partial charge in [-0.05, 0) is 24.6 Å². The van der Waals surface area contributed by atoms with Crippen LogP contribution in [0.4, 0.5) is 0 Å². The number of hydrogen-bond acceptors (Lipinski definition) is 3. The molecule has 1 aromatic carbocycles. The SMILES string of the molecule is Cc1ccc(Cl)c(OCCS(=O)(=O)Cl)c1. The van der Waals surface area contributed by atoms with E-state index in [2.05, 4.69) is 0 Å². The van der Waals surface area contributed by atoms with E-state index in [4.69, 9.17) is 27.0 Å². The van der Waals surface area contributed by atoms with Gasteiger partial charge < -0.3 is 4.74 Å². The smallest absolute Gasteiger partial charge is 0.235 e. The van der Waals surface area contributed by atoms with Crippen LogP contribution in [0.2, 0.25) is 5.02 Å². The van der Waals surface area contributed by atoms with Crippen LogP contribution in [0.25, 0.3) is 0 Å². The summed E-state index contributed by atoms with van der Waals surface area (Å²) in [4.78, 5) is 0. The van der Waals surface area contributed by atoms with Gasteiger partial charge >= 0.3 is 0 Å². The minimum Gasteiger partial charge on any atom is -0.491 e. The lowest BCUT2D eigenvalue weighted by Gasteiger charge is -2.07. The van der Waals surface area contributed by atoms with Crippen molar-refractivity contribution in [2.75, 3.05) is 12.4 Å². The fraction of sp³-hybridized carbons (Fsp3) is 0.333. The molecular formula is C9H10Cl2O3S. The molecule has 15 heavy (non-hydrogen) atoms. The molecule has 0 amide bonds. The lowest BCUT2D eigenvalue weighted by molar-refractivity contribution is 0.341. The van der Waals surface area contributed by atoms with Crippen LogP contribution >= 0.6 is 22.3 Å². The number of benzene rings is 1. The Morgan fingerprint density at radius 3 is 2.67 bits per heavy atom. The lowest BCUT2D eigenvalue weighted by atomic mass is 10.2. The molecule has 0 N–H and O–H groups in total. The monoisotopic (exact) mass is 268 g/mol. The molecule has 0 aliphatic carbocycles. The second kappa shape index (κ2) is 5.05. The molecule has 0 aliphatic rings. The average Bonchev–Trinajstić information content (AvgIpc) is 2.09. The van der Waals surface area contributed by atoms with E-state index in [1.54, 1.807) is 12.1 Å². The standard InChI is InChI=1S/C9H10Cl2O3S/c1-7-2-3-8(10)9(6-7)14-4-5-15(11,12)13/h2-3,6H,4-5H2,1H3. The highest BCUT2D eigenvalue weighted by molar-refractivity contribution is 8.13. The summed E-state index contributed by atoms with van der Waals surface area (Å²) in [6.45, 7) is 1.89. The van der Waals surface area contributed by atoms with Crippen LogP contribution in [0.1, 0.15) is 5.56 Å². The first-order chi connectivity index (χ1) is 6.88. The average molecular weight is 269 g/mol. The number of hydrogen-bond donors (Lipinski definition) is 0. The summed E-state index contributed by atoms with van der Waals surface area (Å²) in [5.41, 5.74) is 0.989. The summed E-state index contributed by atoms with van der Waals surface area (Å²) in [5, 5.41) is 0.451. The molecular weight excluding hydrogens is 259 g/mol. The highest BCUT2D eigenvalue weighted by Gasteiger charge is 2.07. The predicted molar refractivity (Wildman–Crippen MR) is 61.3 cm³/mol. The van der Waals surface area contributed by atoms with E-state index in [9.17, 15) is 8.42 Å². The van der Waals surface area contributed by atoms with Crippen molar-refractivity contribution < 1.29 is 13.2 Å².